The number of aromatic nitrogens is 3. The van der Waals surface area contributed by atoms with Crippen molar-refractivity contribution in [2.75, 3.05) is 29.9 Å². The Morgan fingerprint density at radius 2 is 1.93 bits per heavy atom. The average Bonchev–Trinajstić information content (AvgIpc) is 3.57. The Morgan fingerprint density at radius 1 is 1.16 bits per heavy atom. The molecule has 0 aliphatic carbocycles. The standard InChI is InChI=1S/C28H29F5N6O3S/c1-16-3-2-8-39(16)14-22-24(18-4-5-21(42-26(29)30)19(11-18)28(31,32)33)36-27(43-22)37-25(41)20-12-35-23(13-34-20)38-9-6-17(15-40)7-10-38/h4-5,11-13,15-17,26H,2-3,6-10,14H2,1H3,(H,36,37,41)/t16-/m1/s1. The number of halogens is 5. The van der Waals surface area contributed by atoms with Gasteiger partial charge in [-0.2, -0.15) is 22.0 Å². The van der Waals surface area contributed by atoms with E-state index in [0.29, 0.717) is 43.2 Å². The summed E-state index contributed by atoms with van der Waals surface area (Å²) in [5.41, 5.74) is -1.08. The number of alkyl halides is 5. The van der Waals surface area contributed by atoms with Crippen LogP contribution in [0.5, 0.6) is 5.75 Å². The molecule has 230 valence electrons. The lowest BCUT2D eigenvalue weighted by Crippen LogP contribution is -2.34. The zero-order valence-corrected chi connectivity index (χ0v) is 23.9. The number of likely N-dealkylation sites (tertiary alicyclic amines) is 1. The number of nitrogens with one attached hydrogen (secondary N) is 1. The number of carbonyl (C=O) groups is 2. The minimum absolute atomic E-state index is 0.0193. The van der Waals surface area contributed by atoms with Gasteiger partial charge in [-0.15, -0.1) is 0 Å². The lowest BCUT2D eigenvalue weighted by molar-refractivity contribution is -0.141. The number of rotatable bonds is 9. The van der Waals surface area contributed by atoms with E-state index in [1.54, 1.807) is 0 Å². The van der Waals surface area contributed by atoms with Crippen LogP contribution in [0.4, 0.5) is 32.9 Å². The van der Waals surface area contributed by atoms with Crippen LogP contribution in [0.2, 0.25) is 0 Å². The monoisotopic (exact) mass is 624 g/mol. The molecule has 0 bridgehead atoms. The van der Waals surface area contributed by atoms with Crippen LogP contribution in [0.1, 0.15) is 53.5 Å². The molecular weight excluding hydrogens is 595 g/mol. The summed E-state index contributed by atoms with van der Waals surface area (Å²) in [4.78, 5) is 41.8. The molecule has 1 aromatic carbocycles. The summed E-state index contributed by atoms with van der Waals surface area (Å²) < 4.78 is 71.0. The van der Waals surface area contributed by atoms with E-state index in [9.17, 15) is 31.5 Å². The molecular formula is C28H29F5N6O3S. The van der Waals surface area contributed by atoms with Crippen molar-refractivity contribution in [2.45, 2.75) is 58.0 Å². The van der Waals surface area contributed by atoms with E-state index in [-0.39, 0.29) is 34.0 Å². The largest absolute Gasteiger partial charge is 0.434 e. The lowest BCUT2D eigenvalue weighted by atomic mass is 9.99. The Labute approximate surface area is 248 Å². The molecule has 2 fully saturated rings. The highest BCUT2D eigenvalue weighted by Crippen LogP contribution is 2.41. The van der Waals surface area contributed by atoms with Gasteiger partial charge in [0, 0.05) is 42.0 Å². The van der Waals surface area contributed by atoms with Gasteiger partial charge < -0.3 is 14.4 Å². The maximum absolute atomic E-state index is 13.8. The molecule has 2 aromatic heterocycles. The van der Waals surface area contributed by atoms with Gasteiger partial charge in [-0.1, -0.05) is 11.3 Å². The quantitative estimate of drug-likeness (QED) is 0.233. The first-order valence-corrected chi connectivity index (χ1v) is 14.6. The fourth-order valence-electron chi connectivity index (χ4n) is 5.28. The van der Waals surface area contributed by atoms with E-state index in [4.69, 9.17) is 0 Å². The average molecular weight is 625 g/mol. The van der Waals surface area contributed by atoms with Gasteiger partial charge in [0.15, 0.2) is 5.13 Å². The molecule has 2 aliphatic heterocycles. The van der Waals surface area contributed by atoms with Crippen LogP contribution in [0, 0.1) is 5.92 Å². The van der Waals surface area contributed by atoms with Crippen molar-refractivity contribution in [1.82, 2.24) is 19.9 Å². The Kier molecular flexibility index (Phi) is 9.20. The molecule has 1 N–H and O–H groups in total. The van der Waals surface area contributed by atoms with E-state index < -0.39 is 30.0 Å². The molecule has 1 amide bonds. The van der Waals surface area contributed by atoms with E-state index in [0.717, 1.165) is 49.1 Å². The van der Waals surface area contributed by atoms with Gasteiger partial charge >= 0.3 is 12.8 Å². The highest BCUT2D eigenvalue weighted by atomic mass is 32.1. The molecule has 0 radical (unpaired) electrons. The topological polar surface area (TPSA) is 101 Å². The second-order valence-corrected chi connectivity index (χ2v) is 11.6. The first kappa shape index (κ1) is 30.7. The molecule has 2 saturated heterocycles. The molecule has 2 aliphatic rings. The Bertz CT molecular complexity index is 1440. The Balaban J connectivity index is 1.39. The number of hydrogen-bond donors (Lipinski definition) is 1. The van der Waals surface area contributed by atoms with Gasteiger partial charge in [-0.25, -0.2) is 15.0 Å². The summed E-state index contributed by atoms with van der Waals surface area (Å²) in [5, 5.41) is 2.81. The zero-order chi connectivity index (χ0) is 30.7. The molecule has 9 nitrogen and oxygen atoms in total. The number of thiazole rings is 1. The molecule has 43 heavy (non-hydrogen) atoms. The van der Waals surface area contributed by atoms with Gasteiger partial charge in [-0.3, -0.25) is 15.0 Å². The van der Waals surface area contributed by atoms with E-state index >= 15 is 0 Å². The number of piperidine rings is 1. The number of hydrogen-bond acceptors (Lipinski definition) is 9. The summed E-state index contributed by atoms with van der Waals surface area (Å²) in [5.74, 6) is -0.976. The predicted molar refractivity (Wildman–Crippen MR) is 149 cm³/mol. The summed E-state index contributed by atoms with van der Waals surface area (Å²) in [7, 11) is 0. The number of nitrogens with zero attached hydrogens (tertiary/aromatic N) is 5. The van der Waals surface area contributed by atoms with Crippen LogP contribution >= 0.6 is 11.3 Å². The van der Waals surface area contributed by atoms with Crippen LogP contribution in [-0.4, -0.2) is 64.3 Å². The molecule has 1 atom stereocenters. The Morgan fingerprint density at radius 3 is 2.53 bits per heavy atom. The second kappa shape index (κ2) is 12.9. The highest BCUT2D eigenvalue weighted by Gasteiger charge is 2.36. The predicted octanol–water partition coefficient (Wildman–Crippen LogP) is 5.87. The molecule has 0 spiro atoms. The fraction of sp³-hybridized carbons (Fsp3) is 0.464. The molecule has 4 heterocycles. The lowest BCUT2D eigenvalue weighted by Gasteiger charge is -2.30. The third kappa shape index (κ3) is 7.26. The van der Waals surface area contributed by atoms with Crippen LogP contribution in [0.3, 0.4) is 0 Å². The number of anilines is 2. The number of amides is 1. The zero-order valence-electron chi connectivity index (χ0n) is 23.1. The third-order valence-corrected chi connectivity index (χ3v) is 8.61. The maximum atomic E-state index is 13.8. The van der Waals surface area contributed by atoms with Gasteiger partial charge in [0.1, 0.15) is 23.5 Å². The van der Waals surface area contributed by atoms with E-state index in [1.165, 1.54) is 18.5 Å². The minimum atomic E-state index is -4.95. The summed E-state index contributed by atoms with van der Waals surface area (Å²) >= 11 is 1.12. The summed E-state index contributed by atoms with van der Waals surface area (Å²) in [6.07, 6.45) is 2.19. The summed E-state index contributed by atoms with van der Waals surface area (Å²) in [6.45, 7) is 1.11. The fourth-order valence-corrected chi connectivity index (χ4v) is 6.28. The van der Waals surface area contributed by atoms with Crippen molar-refractivity contribution >= 4 is 34.5 Å². The summed E-state index contributed by atoms with van der Waals surface area (Å²) in [6, 6.07) is 3.07. The van der Waals surface area contributed by atoms with E-state index in [2.05, 4.69) is 36.8 Å². The minimum Gasteiger partial charge on any atom is -0.434 e. The van der Waals surface area contributed by atoms with Gasteiger partial charge in [0.25, 0.3) is 5.91 Å². The number of aldehydes is 1. The van der Waals surface area contributed by atoms with Gasteiger partial charge in [0.05, 0.1) is 23.7 Å². The van der Waals surface area contributed by atoms with Crippen molar-refractivity contribution in [3.63, 3.8) is 0 Å². The van der Waals surface area contributed by atoms with Gasteiger partial charge in [0.2, 0.25) is 0 Å². The van der Waals surface area contributed by atoms with Crippen molar-refractivity contribution in [3.05, 3.63) is 46.7 Å². The maximum Gasteiger partial charge on any atom is 0.419 e. The van der Waals surface area contributed by atoms with Crippen molar-refractivity contribution < 1.29 is 36.3 Å². The van der Waals surface area contributed by atoms with Crippen LogP contribution in [0.25, 0.3) is 11.3 Å². The smallest absolute Gasteiger partial charge is 0.419 e. The molecule has 0 saturated carbocycles. The highest BCUT2D eigenvalue weighted by molar-refractivity contribution is 7.16. The van der Waals surface area contributed by atoms with E-state index in [1.807, 2.05) is 4.90 Å². The third-order valence-electron chi connectivity index (χ3n) is 7.66. The first-order chi connectivity index (χ1) is 20.5. The SMILES string of the molecule is C[C@@H]1CCCN1Cc1sc(NC(=O)c2cnc(N3CCC(C=O)CC3)cn2)nc1-c1ccc(OC(F)F)c(C(F)(F)F)c1. The number of ether oxygens (including phenoxy) is 1. The molecule has 5 rings (SSSR count). The first-order valence-electron chi connectivity index (χ1n) is 13.8. The molecule has 0 unspecified atom stereocenters. The molecule has 15 heteroatoms. The van der Waals surface area contributed by atoms with Crippen LogP contribution in [0.15, 0.2) is 30.6 Å². The molecule has 3 aromatic rings. The number of carbonyl (C=O) groups excluding carboxylic acids is 2. The van der Waals surface area contributed by atoms with Crippen molar-refractivity contribution in [3.8, 4) is 17.0 Å². The Hall–Kier alpha value is -3.72. The van der Waals surface area contributed by atoms with Crippen molar-refractivity contribution in [1.29, 1.82) is 0 Å². The number of benzene rings is 1. The normalized spacial score (nSPS) is 18.3. The van der Waals surface area contributed by atoms with Gasteiger partial charge in [-0.05, 0) is 57.4 Å². The van der Waals surface area contributed by atoms with Crippen molar-refractivity contribution in [2.24, 2.45) is 5.92 Å². The second-order valence-electron chi connectivity index (χ2n) is 10.5. The van der Waals surface area contributed by atoms with Crippen LogP contribution < -0.4 is 15.0 Å². The van der Waals surface area contributed by atoms with Crippen LogP contribution in [-0.2, 0) is 17.5 Å².